The van der Waals surface area contributed by atoms with Crippen molar-refractivity contribution in [2.24, 2.45) is 7.05 Å². The fourth-order valence-electron chi connectivity index (χ4n) is 3.24. The SMILES string of the molecule is Cc1occc1-c1nnc(S[C@H](C)C(=O)NC2(C#N)CCCCC2)n1C. The molecule has 8 heteroatoms. The molecule has 3 rings (SSSR count). The lowest BCUT2D eigenvalue weighted by Gasteiger charge is -2.32. The molecule has 26 heavy (non-hydrogen) atoms. The van der Waals surface area contributed by atoms with Gasteiger partial charge in [-0.25, -0.2) is 0 Å². The number of nitrogens with one attached hydrogen (secondary N) is 1. The van der Waals surface area contributed by atoms with Crippen LogP contribution in [0.5, 0.6) is 0 Å². The van der Waals surface area contributed by atoms with Gasteiger partial charge < -0.3 is 14.3 Å². The minimum atomic E-state index is -0.719. The normalized spacial score (nSPS) is 17.5. The van der Waals surface area contributed by atoms with Crippen LogP contribution in [0, 0.1) is 18.3 Å². The largest absolute Gasteiger partial charge is 0.469 e. The van der Waals surface area contributed by atoms with E-state index in [-0.39, 0.29) is 11.2 Å². The van der Waals surface area contributed by atoms with Gasteiger partial charge in [-0.15, -0.1) is 10.2 Å². The Morgan fingerprint density at radius 3 is 2.77 bits per heavy atom. The molecular weight excluding hydrogens is 350 g/mol. The van der Waals surface area contributed by atoms with E-state index in [1.165, 1.54) is 11.8 Å². The van der Waals surface area contributed by atoms with Gasteiger partial charge in [-0.05, 0) is 32.8 Å². The number of hydrogen-bond donors (Lipinski definition) is 1. The van der Waals surface area contributed by atoms with Crippen molar-refractivity contribution in [3.8, 4) is 17.5 Å². The molecule has 0 spiro atoms. The summed E-state index contributed by atoms with van der Waals surface area (Å²) in [5.74, 6) is 1.34. The number of nitriles is 1. The van der Waals surface area contributed by atoms with Crippen molar-refractivity contribution in [2.75, 3.05) is 0 Å². The summed E-state index contributed by atoms with van der Waals surface area (Å²) in [6, 6.07) is 4.17. The zero-order valence-corrected chi connectivity index (χ0v) is 16.1. The molecular formula is C18H23N5O2S. The third-order valence-corrected chi connectivity index (χ3v) is 6.00. The third-order valence-electron chi connectivity index (χ3n) is 4.87. The Bertz CT molecular complexity index is 829. The molecule has 0 aromatic carbocycles. The van der Waals surface area contributed by atoms with Crippen LogP contribution in [-0.4, -0.2) is 31.5 Å². The van der Waals surface area contributed by atoms with Gasteiger partial charge in [0.1, 0.15) is 11.3 Å². The molecule has 0 unspecified atom stereocenters. The number of carbonyl (C=O) groups is 1. The third kappa shape index (κ3) is 3.63. The van der Waals surface area contributed by atoms with Crippen molar-refractivity contribution >= 4 is 17.7 Å². The maximum absolute atomic E-state index is 12.6. The lowest BCUT2D eigenvalue weighted by molar-refractivity contribution is -0.121. The van der Waals surface area contributed by atoms with Gasteiger partial charge in [-0.2, -0.15) is 5.26 Å². The fourth-order valence-corrected chi connectivity index (χ4v) is 4.05. The van der Waals surface area contributed by atoms with E-state index in [4.69, 9.17) is 4.42 Å². The number of furan rings is 1. The maximum Gasteiger partial charge on any atom is 0.234 e. The second-order valence-electron chi connectivity index (χ2n) is 6.76. The highest BCUT2D eigenvalue weighted by Gasteiger charge is 2.35. The number of carbonyl (C=O) groups excluding carboxylic acids is 1. The highest BCUT2D eigenvalue weighted by molar-refractivity contribution is 8.00. The summed E-state index contributed by atoms with van der Waals surface area (Å²) in [5, 5.41) is 21.2. The van der Waals surface area contributed by atoms with Gasteiger partial charge in [-0.3, -0.25) is 4.79 Å². The lowest BCUT2D eigenvalue weighted by atomic mass is 9.83. The molecule has 1 amide bonds. The molecule has 1 aliphatic rings. The molecule has 2 heterocycles. The smallest absolute Gasteiger partial charge is 0.234 e. The van der Waals surface area contributed by atoms with Crippen LogP contribution in [0.1, 0.15) is 44.8 Å². The van der Waals surface area contributed by atoms with Crippen LogP contribution in [0.25, 0.3) is 11.4 Å². The Morgan fingerprint density at radius 2 is 2.15 bits per heavy atom. The summed E-state index contributed by atoms with van der Waals surface area (Å²) in [4.78, 5) is 12.6. The number of aryl methyl sites for hydroxylation is 1. The molecule has 2 aromatic heterocycles. The van der Waals surface area contributed by atoms with Crippen molar-refractivity contribution in [3.05, 3.63) is 18.1 Å². The van der Waals surface area contributed by atoms with Crippen molar-refractivity contribution in [2.45, 2.75) is 61.9 Å². The molecule has 1 fully saturated rings. The van der Waals surface area contributed by atoms with E-state index in [0.29, 0.717) is 11.0 Å². The van der Waals surface area contributed by atoms with Crippen LogP contribution in [0.3, 0.4) is 0 Å². The van der Waals surface area contributed by atoms with Gasteiger partial charge >= 0.3 is 0 Å². The molecule has 7 nitrogen and oxygen atoms in total. The molecule has 1 saturated carbocycles. The second-order valence-corrected chi connectivity index (χ2v) is 8.07. The molecule has 0 radical (unpaired) electrons. The van der Waals surface area contributed by atoms with Crippen molar-refractivity contribution in [3.63, 3.8) is 0 Å². The monoisotopic (exact) mass is 373 g/mol. The first-order valence-electron chi connectivity index (χ1n) is 8.79. The van der Waals surface area contributed by atoms with Gasteiger partial charge in [-0.1, -0.05) is 31.0 Å². The van der Waals surface area contributed by atoms with Gasteiger partial charge in [0, 0.05) is 7.05 Å². The molecule has 2 aromatic rings. The van der Waals surface area contributed by atoms with Crippen LogP contribution in [0.4, 0.5) is 0 Å². The van der Waals surface area contributed by atoms with E-state index in [0.717, 1.165) is 43.4 Å². The van der Waals surface area contributed by atoms with E-state index in [1.54, 1.807) is 6.26 Å². The van der Waals surface area contributed by atoms with E-state index in [2.05, 4.69) is 21.6 Å². The average molecular weight is 373 g/mol. The van der Waals surface area contributed by atoms with Crippen LogP contribution in [0.2, 0.25) is 0 Å². The zero-order valence-electron chi connectivity index (χ0n) is 15.3. The predicted octanol–water partition coefficient (Wildman–Crippen LogP) is 3.21. The average Bonchev–Trinajstić information content (AvgIpc) is 3.21. The van der Waals surface area contributed by atoms with E-state index >= 15 is 0 Å². The standard InChI is InChI=1S/C18H23N5O2S/c1-12-14(7-10-25-12)15-21-22-17(23(15)3)26-13(2)16(24)20-18(11-19)8-5-4-6-9-18/h7,10,13H,4-6,8-9H2,1-3H3,(H,20,24)/t13-/m1/s1. The van der Waals surface area contributed by atoms with Crippen LogP contribution < -0.4 is 5.32 Å². The predicted molar refractivity (Wildman–Crippen MR) is 98.3 cm³/mol. The number of rotatable bonds is 5. The van der Waals surface area contributed by atoms with E-state index in [1.807, 2.05) is 31.5 Å². The number of nitrogens with zero attached hydrogens (tertiary/aromatic N) is 4. The van der Waals surface area contributed by atoms with Gasteiger partial charge in [0.05, 0.1) is 23.1 Å². The quantitative estimate of drug-likeness (QED) is 0.808. The lowest BCUT2D eigenvalue weighted by Crippen LogP contribution is -2.50. The fraction of sp³-hybridized carbons (Fsp3) is 0.556. The molecule has 0 saturated heterocycles. The summed E-state index contributed by atoms with van der Waals surface area (Å²) in [6.45, 7) is 3.70. The minimum absolute atomic E-state index is 0.137. The second kappa shape index (κ2) is 7.54. The summed E-state index contributed by atoms with van der Waals surface area (Å²) in [6.07, 6.45) is 6.14. The summed E-state index contributed by atoms with van der Waals surface area (Å²) >= 11 is 1.34. The van der Waals surface area contributed by atoms with E-state index in [9.17, 15) is 10.1 Å². The Balaban J connectivity index is 1.69. The van der Waals surface area contributed by atoms with Crippen LogP contribution >= 0.6 is 11.8 Å². The minimum Gasteiger partial charge on any atom is -0.469 e. The summed E-state index contributed by atoms with van der Waals surface area (Å²) < 4.78 is 7.18. The van der Waals surface area contributed by atoms with E-state index < -0.39 is 5.54 Å². The van der Waals surface area contributed by atoms with Gasteiger partial charge in [0.15, 0.2) is 11.0 Å². The summed E-state index contributed by atoms with van der Waals surface area (Å²) in [5.41, 5.74) is 0.165. The molecule has 138 valence electrons. The molecule has 1 N–H and O–H groups in total. The first kappa shape index (κ1) is 18.5. The van der Waals surface area contributed by atoms with Gasteiger partial charge in [0.2, 0.25) is 5.91 Å². The first-order valence-corrected chi connectivity index (χ1v) is 9.67. The number of amides is 1. The number of hydrogen-bond acceptors (Lipinski definition) is 6. The Morgan fingerprint density at radius 1 is 1.42 bits per heavy atom. The Labute approximate surface area is 157 Å². The molecule has 0 aliphatic heterocycles. The van der Waals surface area contributed by atoms with Crippen LogP contribution in [0.15, 0.2) is 21.9 Å². The Kier molecular flexibility index (Phi) is 5.37. The molecule has 1 aliphatic carbocycles. The first-order chi connectivity index (χ1) is 12.5. The number of thioether (sulfide) groups is 1. The van der Waals surface area contributed by atoms with Gasteiger partial charge in [0.25, 0.3) is 0 Å². The van der Waals surface area contributed by atoms with Crippen LogP contribution in [-0.2, 0) is 11.8 Å². The highest BCUT2D eigenvalue weighted by Crippen LogP contribution is 2.30. The molecule has 1 atom stereocenters. The van der Waals surface area contributed by atoms with Crippen molar-refractivity contribution < 1.29 is 9.21 Å². The Hall–Kier alpha value is -2.27. The number of aromatic nitrogens is 3. The molecule has 0 bridgehead atoms. The zero-order chi connectivity index (χ0) is 18.7. The van der Waals surface area contributed by atoms with Crippen molar-refractivity contribution in [1.82, 2.24) is 20.1 Å². The topological polar surface area (TPSA) is 96.7 Å². The highest BCUT2D eigenvalue weighted by atomic mass is 32.2. The summed E-state index contributed by atoms with van der Waals surface area (Å²) in [7, 11) is 1.87. The van der Waals surface area contributed by atoms with Crippen molar-refractivity contribution in [1.29, 1.82) is 5.26 Å². The maximum atomic E-state index is 12.6.